The van der Waals surface area contributed by atoms with Crippen molar-refractivity contribution in [2.75, 3.05) is 25.1 Å². The SMILES string of the molecule is Cc1ncnc(C(=O)N2CC[C@]3(c4c(n(CC(=O)Nc5ccc(C6CC6)cc5Cl)c5nc(C6=CCOCC6)nn5c4=O)[C@H]4C[C@H]43)[C@@H]3CC[C@@H]32)c1O. The smallest absolute Gasteiger partial charge is 0.279 e. The van der Waals surface area contributed by atoms with Crippen LogP contribution in [0.1, 0.15) is 95.6 Å². The summed E-state index contributed by atoms with van der Waals surface area (Å²) in [4.78, 5) is 57.4. The van der Waals surface area contributed by atoms with Gasteiger partial charge in [0, 0.05) is 35.2 Å². The minimum Gasteiger partial charge on any atom is -0.504 e. The van der Waals surface area contributed by atoms with Crippen molar-refractivity contribution in [2.24, 2.45) is 11.8 Å². The monoisotopic (exact) mass is 708 g/mol. The van der Waals surface area contributed by atoms with E-state index >= 15 is 0 Å². The van der Waals surface area contributed by atoms with E-state index in [4.69, 9.17) is 26.4 Å². The molecule has 51 heavy (non-hydrogen) atoms. The number of nitrogens with zero attached hydrogens (tertiary/aromatic N) is 7. The third-order valence-electron chi connectivity index (χ3n) is 12.5. The van der Waals surface area contributed by atoms with Gasteiger partial charge >= 0.3 is 0 Å². The molecule has 0 radical (unpaired) electrons. The molecule has 1 saturated heterocycles. The lowest BCUT2D eigenvalue weighted by Crippen LogP contribution is -2.64. The van der Waals surface area contributed by atoms with E-state index in [1.54, 1.807) is 6.92 Å². The first-order valence-corrected chi connectivity index (χ1v) is 18.3. The maximum absolute atomic E-state index is 14.8. The van der Waals surface area contributed by atoms with Crippen LogP contribution in [0.2, 0.25) is 5.02 Å². The van der Waals surface area contributed by atoms with Crippen molar-refractivity contribution >= 4 is 40.5 Å². The van der Waals surface area contributed by atoms with Gasteiger partial charge in [-0.05, 0) is 92.9 Å². The van der Waals surface area contributed by atoms with Gasteiger partial charge in [0.05, 0.1) is 29.6 Å². The number of piperidine rings is 1. The molecule has 5 heterocycles. The van der Waals surface area contributed by atoms with Crippen LogP contribution in [0.3, 0.4) is 0 Å². The van der Waals surface area contributed by atoms with Gasteiger partial charge in [0.1, 0.15) is 12.9 Å². The number of carbonyl (C=O) groups is 2. The molecule has 4 fully saturated rings. The number of rotatable bonds is 6. The van der Waals surface area contributed by atoms with Crippen molar-refractivity contribution in [3.63, 3.8) is 0 Å². The van der Waals surface area contributed by atoms with Gasteiger partial charge in [0.15, 0.2) is 17.3 Å². The predicted molar refractivity (Wildman–Crippen MR) is 186 cm³/mol. The fourth-order valence-corrected chi connectivity index (χ4v) is 9.94. The van der Waals surface area contributed by atoms with Crippen molar-refractivity contribution in [1.29, 1.82) is 0 Å². The summed E-state index contributed by atoms with van der Waals surface area (Å²) in [5.41, 5.74) is 3.95. The summed E-state index contributed by atoms with van der Waals surface area (Å²) < 4.78 is 8.84. The Morgan fingerprint density at radius 1 is 1.16 bits per heavy atom. The summed E-state index contributed by atoms with van der Waals surface area (Å²) in [7, 11) is 0. The maximum Gasteiger partial charge on any atom is 0.279 e. The third-order valence-corrected chi connectivity index (χ3v) is 12.8. The Hall–Kier alpha value is -4.62. The lowest BCUT2D eigenvalue weighted by Gasteiger charge is -2.58. The summed E-state index contributed by atoms with van der Waals surface area (Å²) in [5, 5.41) is 19.0. The normalized spacial score (nSPS) is 27.4. The van der Waals surface area contributed by atoms with Gasteiger partial charge in [0.2, 0.25) is 11.7 Å². The molecule has 5 atom stereocenters. The molecule has 3 saturated carbocycles. The van der Waals surface area contributed by atoms with Crippen LogP contribution in [-0.4, -0.2) is 76.8 Å². The molecule has 3 aromatic heterocycles. The van der Waals surface area contributed by atoms with Gasteiger partial charge in [0.25, 0.3) is 11.5 Å². The summed E-state index contributed by atoms with van der Waals surface area (Å²) in [6.07, 6.45) is 9.37. The van der Waals surface area contributed by atoms with E-state index in [1.807, 2.05) is 33.7 Å². The number of hydrogen-bond acceptors (Lipinski definition) is 9. The Morgan fingerprint density at radius 3 is 2.76 bits per heavy atom. The van der Waals surface area contributed by atoms with Gasteiger partial charge in [-0.1, -0.05) is 23.7 Å². The molecule has 2 amide bonds. The van der Waals surface area contributed by atoms with Crippen LogP contribution in [0, 0.1) is 18.8 Å². The topological polar surface area (TPSA) is 157 Å². The Labute approximate surface area is 297 Å². The molecular formula is C37H37ClN8O5. The molecule has 2 aliphatic heterocycles. The molecule has 2 N–H and O–H groups in total. The van der Waals surface area contributed by atoms with Crippen molar-refractivity contribution in [3.05, 3.63) is 80.0 Å². The van der Waals surface area contributed by atoms with Crippen molar-refractivity contribution in [3.8, 4) is 5.75 Å². The van der Waals surface area contributed by atoms with E-state index in [1.165, 1.54) is 16.4 Å². The maximum atomic E-state index is 14.8. The fraction of sp³-hybridized carbons (Fsp3) is 0.486. The number of aromatic hydroxyl groups is 1. The van der Waals surface area contributed by atoms with Crippen LogP contribution in [0.4, 0.5) is 5.69 Å². The Balaban J connectivity index is 1.05. The number of nitrogens with one attached hydrogen (secondary N) is 1. The summed E-state index contributed by atoms with van der Waals surface area (Å²) in [6, 6.07) is 5.74. The second-order valence-corrected chi connectivity index (χ2v) is 15.5. The highest BCUT2D eigenvalue weighted by Crippen LogP contribution is 2.72. The van der Waals surface area contributed by atoms with E-state index in [0.717, 1.165) is 48.9 Å². The third kappa shape index (κ3) is 4.59. The second-order valence-electron chi connectivity index (χ2n) is 15.1. The second kappa shape index (κ2) is 11.2. The molecule has 6 aliphatic rings. The number of halogens is 1. The van der Waals surface area contributed by atoms with Crippen LogP contribution < -0.4 is 10.9 Å². The molecule has 14 heteroatoms. The first-order chi connectivity index (χ1) is 24.7. The zero-order valence-corrected chi connectivity index (χ0v) is 28.9. The number of aromatic nitrogens is 6. The minimum atomic E-state index is -0.459. The van der Waals surface area contributed by atoms with Crippen LogP contribution >= 0.6 is 11.6 Å². The summed E-state index contributed by atoms with van der Waals surface area (Å²) >= 11 is 6.65. The van der Waals surface area contributed by atoms with Crippen LogP contribution in [0.25, 0.3) is 11.4 Å². The molecule has 1 spiro atoms. The molecule has 262 valence electrons. The number of amides is 2. The molecule has 10 rings (SSSR count). The van der Waals surface area contributed by atoms with E-state index < -0.39 is 5.41 Å². The summed E-state index contributed by atoms with van der Waals surface area (Å²) in [6.45, 7) is 3.01. The Morgan fingerprint density at radius 2 is 2.02 bits per heavy atom. The Bertz CT molecular complexity index is 2280. The van der Waals surface area contributed by atoms with Crippen LogP contribution in [0.15, 0.2) is 35.4 Å². The van der Waals surface area contributed by atoms with Gasteiger partial charge in [-0.3, -0.25) is 14.4 Å². The highest BCUT2D eigenvalue weighted by atomic mass is 35.5. The average Bonchev–Trinajstić information content (AvgIpc) is 4.04. The number of hydrogen-bond donors (Lipinski definition) is 2. The van der Waals surface area contributed by atoms with E-state index in [-0.39, 0.29) is 59.2 Å². The zero-order valence-electron chi connectivity index (χ0n) is 28.1. The molecule has 13 nitrogen and oxygen atoms in total. The lowest BCUT2D eigenvalue weighted by molar-refractivity contribution is -0.116. The minimum absolute atomic E-state index is 0.00939. The number of fused-ring (bicyclic) bond motifs is 8. The largest absolute Gasteiger partial charge is 0.504 e. The average molecular weight is 709 g/mol. The number of ether oxygens (including phenoxy) is 1. The fourth-order valence-electron chi connectivity index (χ4n) is 9.70. The van der Waals surface area contributed by atoms with Crippen LogP contribution in [0.5, 0.6) is 5.75 Å². The summed E-state index contributed by atoms with van der Waals surface area (Å²) in [5.74, 6) is 0.962. The zero-order chi connectivity index (χ0) is 34.8. The first kappa shape index (κ1) is 31.1. The lowest BCUT2D eigenvalue weighted by atomic mass is 9.54. The Kier molecular flexibility index (Phi) is 6.83. The number of carbonyl (C=O) groups excluding carboxylic acids is 2. The molecule has 4 aromatic rings. The van der Waals surface area contributed by atoms with Gasteiger partial charge in [-0.2, -0.15) is 9.50 Å². The highest BCUT2D eigenvalue weighted by molar-refractivity contribution is 6.33. The first-order valence-electron chi connectivity index (χ1n) is 18.0. The van der Waals surface area contributed by atoms with Gasteiger partial charge < -0.3 is 24.6 Å². The molecule has 0 unspecified atom stereocenters. The molecular weight excluding hydrogens is 672 g/mol. The number of aryl methyl sites for hydroxylation is 1. The van der Waals surface area contributed by atoms with Gasteiger partial charge in [-0.25, -0.2) is 9.97 Å². The van der Waals surface area contributed by atoms with Crippen molar-refractivity contribution in [2.45, 2.75) is 81.7 Å². The highest BCUT2D eigenvalue weighted by Gasteiger charge is 2.70. The van der Waals surface area contributed by atoms with E-state index in [0.29, 0.717) is 66.5 Å². The number of likely N-dealkylation sites (tertiary alicyclic amines) is 1. The number of anilines is 1. The molecule has 0 bridgehead atoms. The van der Waals surface area contributed by atoms with E-state index in [2.05, 4.69) is 15.3 Å². The van der Waals surface area contributed by atoms with Crippen LogP contribution in [-0.2, 0) is 21.5 Å². The van der Waals surface area contributed by atoms with Crippen molar-refractivity contribution in [1.82, 2.24) is 34.0 Å². The van der Waals surface area contributed by atoms with Crippen molar-refractivity contribution < 1.29 is 19.4 Å². The van der Waals surface area contributed by atoms with E-state index in [9.17, 15) is 19.5 Å². The quantitative estimate of drug-likeness (QED) is 0.297. The number of benzene rings is 1. The molecule has 1 aromatic carbocycles. The van der Waals surface area contributed by atoms with Gasteiger partial charge in [-0.15, -0.1) is 5.10 Å². The standard InChI is InChI=1S/C37H37ClN8O5/c1-18-32(48)30(40-17-39-18)35(50)44-11-10-37(23-5-7-27(23)44)24-15-22(24)31-29(37)34(49)46-36(42-33(43-46)20-8-12-51-13-9-20)45(31)16-28(47)41-26-6-4-21(14-25(26)38)19-2-3-19/h4,6,8,14,17,19,22-24,27,48H,2-3,5,7,9-13,15-16H2,1H3,(H,41,47)/t22-,23+,24+,27-,37-/m0/s1. The molecule has 4 aliphatic carbocycles. The predicted octanol–water partition coefficient (Wildman–Crippen LogP) is 4.35.